The molecule has 0 saturated heterocycles. The number of rotatable bonds is 3. The average molecular weight is 267 g/mol. The number of esters is 1. The molecule has 1 aromatic heterocycles. The lowest BCUT2D eigenvalue weighted by atomic mass is 10.1. The zero-order chi connectivity index (χ0) is 14.5. The van der Waals surface area contributed by atoms with Crippen LogP contribution < -0.4 is 0 Å². The molecule has 106 valence electrons. The first kappa shape index (κ1) is 13.8. The summed E-state index contributed by atoms with van der Waals surface area (Å²) in [5, 5.41) is 20.0. The Morgan fingerprint density at radius 3 is 2.42 bits per heavy atom. The fourth-order valence-electron chi connectivity index (χ4n) is 2.96. The van der Waals surface area contributed by atoms with Crippen molar-refractivity contribution in [2.24, 2.45) is 17.3 Å². The van der Waals surface area contributed by atoms with Crippen LogP contribution in [0.4, 0.5) is 0 Å². The average Bonchev–Trinajstić information content (AvgIpc) is 2.86. The summed E-state index contributed by atoms with van der Waals surface area (Å²) >= 11 is 0. The van der Waals surface area contributed by atoms with Gasteiger partial charge in [-0.1, -0.05) is 13.8 Å². The van der Waals surface area contributed by atoms with Crippen LogP contribution in [-0.4, -0.2) is 28.1 Å². The molecule has 1 saturated carbocycles. The number of carbonyl (C=O) groups is 1. The smallest absolute Gasteiger partial charge is 0.309 e. The number of methoxy groups -OCH3 is 1. The van der Waals surface area contributed by atoms with Crippen molar-refractivity contribution in [1.82, 2.24) is 4.73 Å². The van der Waals surface area contributed by atoms with Crippen molar-refractivity contribution in [1.29, 1.82) is 0 Å². The highest BCUT2D eigenvalue weighted by atomic mass is 16.5. The van der Waals surface area contributed by atoms with Crippen LogP contribution in [0.1, 0.15) is 30.8 Å². The molecule has 0 spiro atoms. The standard InChI is InChI=1S/C14H21NO4/c1-7-8(2)15(18)10(12(7)16)6-9-11(13(17)19-5)14(9,3)4/h9,11,16,18H,6H2,1-5H3. The maximum Gasteiger partial charge on any atom is 0.309 e. The van der Waals surface area contributed by atoms with Crippen LogP contribution in [0.25, 0.3) is 0 Å². The molecule has 2 unspecified atom stereocenters. The van der Waals surface area contributed by atoms with Crippen molar-refractivity contribution in [2.75, 3.05) is 7.11 Å². The molecule has 0 bridgehead atoms. The molecule has 0 radical (unpaired) electrons. The Balaban J connectivity index is 2.25. The number of hydrogen-bond acceptors (Lipinski definition) is 4. The van der Waals surface area contributed by atoms with E-state index in [-0.39, 0.29) is 29.0 Å². The number of ether oxygens (including phenoxy) is 1. The maximum absolute atomic E-state index is 11.7. The predicted molar refractivity (Wildman–Crippen MR) is 69.2 cm³/mol. The molecule has 0 amide bonds. The van der Waals surface area contributed by atoms with Gasteiger partial charge in [0.2, 0.25) is 0 Å². The van der Waals surface area contributed by atoms with Gasteiger partial charge in [-0.2, -0.15) is 4.73 Å². The Hall–Kier alpha value is -1.65. The van der Waals surface area contributed by atoms with E-state index in [0.717, 1.165) is 4.73 Å². The number of carbonyl (C=O) groups excluding carboxylic acids is 1. The number of hydrogen-bond donors (Lipinski definition) is 2. The molecule has 1 aromatic rings. The van der Waals surface area contributed by atoms with Gasteiger partial charge in [-0.05, 0) is 31.6 Å². The van der Waals surface area contributed by atoms with Crippen LogP contribution in [0, 0.1) is 31.1 Å². The largest absolute Gasteiger partial charge is 0.506 e. The minimum atomic E-state index is -0.223. The Morgan fingerprint density at radius 2 is 2.00 bits per heavy atom. The van der Waals surface area contributed by atoms with E-state index in [1.807, 2.05) is 13.8 Å². The summed E-state index contributed by atoms with van der Waals surface area (Å²) in [7, 11) is 1.38. The van der Waals surface area contributed by atoms with Crippen molar-refractivity contribution < 1.29 is 19.8 Å². The lowest BCUT2D eigenvalue weighted by Crippen LogP contribution is -2.08. The van der Waals surface area contributed by atoms with E-state index in [4.69, 9.17) is 4.74 Å². The normalized spacial score (nSPS) is 24.3. The van der Waals surface area contributed by atoms with E-state index in [1.165, 1.54) is 7.11 Å². The van der Waals surface area contributed by atoms with Crippen LogP contribution in [0.15, 0.2) is 0 Å². The highest BCUT2D eigenvalue weighted by molar-refractivity contribution is 5.77. The molecule has 2 rings (SSSR count). The fraction of sp³-hybridized carbons (Fsp3) is 0.643. The lowest BCUT2D eigenvalue weighted by molar-refractivity contribution is -0.143. The van der Waals surface area contributed by atoms with Crippen LogP contribution in [0.5, 0.6) is 5.75 Å². The summed E-state index contributed by atoms with van der Waals surface area (Å²) in [4.78, 5) is 11.7. The van der Waals surface area contributed by atoms with Gasteiger partial charge in [0.05, 0.1) is 24.4 Å². The molecule has 5 nitrogen and oxygen atoms in total. The van der Waals surface area contributed by atoms with Crippen molar-refractivity contribution in [3.63, 3.8) is 0 Å². The fourth-order valence-corrected chi connectivity index (χ4v) is 2.96. The molecule has 2 atom stereocenters. The van der Waals surface area contributed by atoms with E-state index in [2.05, 4.69) is 0 Å². The Kier molecular flexibility index (Phi) is 3.03. The summed E-state index contributed by atoms with van der Waals surface area (Å²) in [6.45, 7) is 7.51. The van der Waals surface area contributed by atoms with E-state index in [9.17, 15) is 15.1 Å². The first-order valence-corrected chi connectivity index (χ1v) is 6.40. The van der Waals surface area contributed by atoms with Gasteiger partial charge < -0.3 is 15.1 Å². The molecule has 0 aliphatic heterocycles. The second-order valence-electron chi connectivity index (χ2n) is 5.95. The zero-order valence-electron chi connectivity index (χ0n) is 12.0. The van der Waals surface area contributed by atoms with Crippen molar-refractivity contribution >= 4 is 5.97 Å². The van der Waals surface area contributed by atoms with Gasteiger partial charge in [-0.25, -0.2) is 0 Å². The van der Waals surface area contributed by atoms with Crippen LogP contribution in [0.3, 0.4) is 0 Å². The molecule has 1 fully saturated rings. The van der Waals surface area contributed by atoms with Crippen molar-refractivity contribution in [2.45, 2.75) is 34.1 Å². The summed E-state index contributed by atoms with van der Waals surface area (Å²) < 4.78 is 5.82. The molecule has 0 aromatic carbocycles. The summed E-state index contributed by atoms with van der Waals surface area (Å²) in [6, 6.07) is 0. The number of aromatic hydroxyl groups is 1. The second-order valence-corrected chi connectivity index (χ2v) is 5.95. The van der Waals surface area contributed by atoms with Gasteiger partial charge in [0.25, 0.3) is 0 Å². The van der Waals surface area contributed by atoms with Gasteiger partial charge in [0.1, 0.15) is 5.75 Å². The maximum atomic E-state index is 11.7. The van der Waals surface area contributed by atoms with Crippen LogP contribution in [-0.2, 0) is 16.0 Å². The van der Waals surface area contributed by atoms with Gasteiger partial charge in [-0.3, -0.25) is 4.79 Å². The molecular formula is C14H21NO4. The first-order valence-electron chi connectivity index (χ1n) is 6.40. The Labute approximate surface area is 112 Å². The second kappa shape index (κ2) is 4.18. The molecule has 5 heteroatoms. The lowest BCUT2D eigenvalue weighted by Gasteiger charge is -2.05. The summed E-state index contributed by atoms with van der Waals surface area (Å²) in [5.74, 6) is -0.205. The zero-order valence-corrected chi connectivity index (χ0v) is 12.0. The van der Waals surface area contributed by atoms with Gasteiger partial charge in [-0.15, -0.1) is 0 Å². The van der Waals surface area contributed by atoms with Crippen LogP contribution >= 0.6 is 0 Å². The summed E-state index contributed by atoms with van der Waals surface area (Å²) in [5.41, 5.74) is 1.61. The number of nitrogens with zero attached hydrogens (tertiary/aromatic N) is 1. The Bertz CT molecular complexity index is 505. The van der Waals surface area contributed by atoms with E-state index in [1.54, 1.807) is 13.8 Å². The van der Waals surface area contributed by atoms with Gasteiger partial charge >= 0.3 is 5.97 Å². The topological polar surface area (TPSA) is 71.7 Å². The van der Waals surface area contributed by atoms with E-state index in [0.29, 0.717) is 23.4 Å². The Morgan fingerprint density at radius 1 is 1.42 bits per heavy atom. The molecule has 1 aliphatic rings. The van der Waals surface area contributed by atoms with Crippen molar-refractivity contribution in [3.8, 4) is 5.75 Å². The molecule has 1 aliphatic carbocycles. The minimum absolute atomic E-state index is 0.0745. The minimum Gasteiger partial charge on any atom is -0.506 e. The van der Waals surface area contributed by atoms with E-state index >= 15 is 0 Å². The highest BCUT2D eigenvalue weighted by Crippen LogP contribution is 2.60. The molecule has 1 heterocycles. The highest BCUT2D eigenvalue weighted by Gasteiger charge is 2.62. The van der Waals surface area contributed by atoms with Gasteiger partial charge in [0, 0.05) is 5.56 Å². The van der Waals surface area contributed by atoms with Gasteiger partial charge in [0.15, 0.2) is 0 Å². The van der Waals surface area contributed by atoms with Crippen LogP contribution in [0.2, 0.25) is 0 Å². The predicted octanol–water partition coefficient (Wildman–Crippen LogP) is 2.04. The summed E-state index contributed by atoms with van der Waals surface area (Å²) in [6.07, 6.45) is 0.462. The molecule has 19 heavy (non-hydrogen) atoms. The third-order valence-corrected chi connectivity index (χ3v) is 4.66. The third kappa shape index (κ3) is 1.88. The molecular weight excluding hydrogens is 246 g/mol. The SMILES string of the molecule is COC(=O)C1C(Cc2c(O)c(C)c(C)n2O)C1(C)C. The molecule has 2 N–H and O–H groups in total. The van der Waals surface area contributed by atoms with E-state index < -0.39 is 0 Å². The monoisotopic (exact) mass is 267 g/mol. The quantitative estimate of drug-likeness (QED) is 0.649. The first-order chi connectivity index (χ1) is 8.73. The number of aromatic nitrogens is 1. The third-order valence-electron chi connectivity index (χ3n) is 4.66. The van der Waals surface area contributed by atoms with Crippen molar-refractivity contribution in [3.05, 3.63) is 17.0 Å².